The second-order valence-corrected chi connectivity index (χ2v) is 4.97. The highest BCUT2D eigenvalue weighted by Gasteiger charge is 2.16. The topological polar surface area (TPSA) is 48.7 Å². The van der Waals surface area contributed by atoms with E-state index in [-0.39, 0.29) is 20.8 Å². The van der Waals surface area contributed by atoms with Crippen LogP contribution in [-0.2, 0) is 0 Å². The summed E-state index contributed by atoms with van der Waals surface area (Å²) in [7, 11) is 0. The van der Waals surface area contributed by atoms with Gasteiger partial charge in [-0.05, 0) is 19.1 Å². The molecule has 2 aromatic rings. The number of anilines is 2. The molecule has 0 amide bonds. The van der Waals surface area contributed by atoms with Gasteiger partial charge in [-0.25, -0.2) is 4.98 Å². The quantitative estimate of drug-likeness (QED) is 0.797. The molecule has 0 saturated carbocycles. The third-order valence-corrected chi connectivity index (χ3v) is 3.58. The van der Waals surface area contributed by atoms with Crippen LogP contribution in [0.25, 0.3) is 0 Å². The molecule has 1 aromatic heterocycles. The van der Waals surface area contributed by atoms with E-state index < -0.39 is 0 Å². The van der Waals surface area contributed by atoms with Crippen LogP contribution in [-0.4, -0.2) is 4.98 Å². The Morgan fingerprint density at radius 2 is 1.74 bits per heavy atom. The fourth-order valence-corrected chi connectivity index (χ4v) is 2.13. The van der Waals surface area contributed by atoms with Gasteiger partial charge < -0.3 is 5.32 Å². The smallest absolute Gasteiger partial charge is 0.152 e. The Kier molecular flexibility index (Phi) is 4.16. The summed E-state index contributed by atoms with van der Waals surface area (Å²) in [6.45, 7) is 1.99. The number of aryl methyl sites for hydroxylation is 1. The van der Waals surface area contributed by atoms with Gasteiger partial charge in [0.05, 0.1) is 5.02 Å². The number of halogens is 3. The molecule has 0 aliphatic heterocycles. The molecule has 0 atom stereocenters. The van der Waals surface area contributed by atoms with Crippen molar-refractivity contribution in [3.8, 4) is 6.07 Å². The maximum Gasteiger partial charge on any atom is 0.152 e. The normalized spacial score (nSPS) is 10.1. The van der Waals surface area contributed by atoms with E-state index in [2.05, 4.69) is 10.3 Å². The average molecular weight is 313 g/mol. The van der Waals surface area contributed by atoms with Crippen molar-refractivity contribution >= 4 is 46.3 Å². The van der Waals surface area contributed by atoms with Crippen LogP contribution in [0.2, 0.25) is 15.2 Å². The number of nitriles is 1. The van der Waals surface area contributed by atoms with E-state index in [1.165, 1.54) is 0 Å². The monoisotopic (exact) mass is 311 g/mol. The highest BCUT2D eigenvalue weighted by atomic mass is 35.5. The van der Waals surface area contributed by atoms with Crippen molar-refractivity contribution in [1.29, 1.82) is 5.26 Å². The van der Waals surface area contributed by atoms with Crippen LogP contribution in [0.5, 0.6) is 0 Å². The van der Waals surface area contributed by atoms with Gasteiger partial charge in [-0.2, -0.15) is 5.26 Å². The molecule has 0 spiro atoms. The minimum atomic E-state index is 0.0199. The lowest BCUT2D eigenvalue weighted by molar-refractivity contribution is 1.28. The summed E-state index contributed by atoms with van der Waals surface area (Å²) in [6, 6.07) is 9.52. The lowest BCUT2D eigenvalue weighted by Gasteiger charge is -2.10. The van der Waals surface area contributed by atoms with E-state index in [9.17, 15) is 0 Å². The van der Waals surface area contributed by atoms with Crippen molar-refractivity contribution in [3.05, 3.63) is 50.6 Å². The zero-order chi connectivity index (χ0) is 14.0. The molecule has 96 valence electrons. The number of nitrogens with zero attached hydrogens (tertiary/aromatic N) is 2. The minimum Gasteiger partial charge on any atom is -0.339 e. The predicted octanol–water partition coefficient (Wildman–Crippen LogP) is 4.97. The number of hydrogen-bond donors (Lipinski definition) is 1. The zero-order valence-electron chi connectivity index (χ0n) is 9.84. The number of rotatable bonds is 2. The predicted molar refractivity (Wildman–Crippen MR) is 78.4 cm³/mol. The van der Waals surface area contributed by atoms with Crippen molar-refractivity contribution < 1.29 is 0 Å². The Bertz CT molecular complexity index is 660. The Morgan fingerprint density at radius 1 is 1.11 bits per heavy atom. The lowest BCUT2D eigenvalue weighted by atomic mass is 10.2. The largest absolute Gasteiger partial charge is 0.339 e. The minimum absolute atomic E-state index is 0.0199. The summed E-state index contributed by atoms with van der Waals surface area (Å²) < 4.78 is 0. The van der Waals surface area contributed by atoms with Gasteiger partial charge in [0.2, 0.25) is 0 Å². The first-order valence-corrected chi connectivity index (χ1v) is 6.44. The van der Waals surface area contributed by atoms with Gasteiger partial charge in [0.25, 0.3) is 0 Å². The van der Waals surface area contributed by atoms with E-state index in [0.29, 0.717) is 5.82 Å². The molecule has 0 aliphatic carbocycles. The van der Waals surface area contributed by atoms with Gasteiger partial charge >= 0.3 is 0 Å². The first-order chi connectivity index (χ1) is 9.02. The molecule has 19 heavy (non-hydrogen) atoms. The standard InChI is InChI=1S/C13H8Cl3N3/c1-7-2-4-8(5-3-7)18-13-11(15)10(14)9(6-17)12(16)19-13/h2-5H,1H3,(H,18,19). The average Bonchev–Trinajstić information content (AvgIpc) is 2.39. The third kappa shape index (κ3) is 2.93. The number of benzene rings is 1. The molecule has 0 fully saturated rings. The molecule has 2 rings (SSSR count). The fraction of sp³-hybridized carbons (Fsp3) is 0.0769. The van der Waals surface area contributed by atoms with Crippen LogP contribution < -0.4 is 5.32 Å². The van der Waals surface area contributed by atoms with Crippen molar-refractivity contribution in [2.75, 3.05) is 5.32 Å². The van der Waals surface area contributed by atoms with Gasteiger partial charge in [-0.15, -0.1) is 0 Å². The molecule has 0 saturated heterocycles. The van der Waals surface area contributed by atoms with Gasteiger partial charge in [-0.3, -0.25) is 0 Å². The van der Waals surface area contributed by atoms with Crippen LogP contribution in [0.3, 0.4) is 0 Å². The van der Waals surface area contributed by atoms with Gasteiger partial charge in [0.1, 0.15) is 16.7 Å². The molecule has 6 heteroatoms. The number of nitrogens with one attached hydrogen (secondary N) is 1. The number of pyridine rings is 1. The fourth-order valence-electron chi connectivity index (χ4n) is 1.46. The van der Waals surface area contributed by atoms with Gasteiger partial charge in [-0.1, -0.05) is 52.5 Å². The SMILES string of the molecule is Cc1ccc(Nc2nc(Cl)c(C#N)c(Cl)c2Cl)cc1. The van der Waals surface area contributed by atoms with Crippen LogP contribution in [0.1, 0.15) is 11.1 Å². The lowest BCUT2D eigenvalue weighted by Crippen LogP contribution is -1.97. The third-order valence-electron chi connectivity index (χ3n) is 2.46. The van der Waals surface area contributed by atoms with Crippen molar-refractivity contribution in [2.45, 2.75) is 6.92 Å². The molecule has 3 nitrogen and oxygen atoms in total. The summed E-state index contributed by atoms with van der Waals surface area (Å²) in [5, 5.41) is 12.2. The van der Waals surface area contributed by atoms with Crippen molar-refractivity contribution in [2.24, 2.45) is 0 Å². The molecule has 1 heterocycles. The molecule has 0 bridgehead atoms. The molecular weight excluding hydrogens is 305 g/mol. The van der Waals surface area contributed by atoms with Gasteiger partial charge in [0.15, 0.2) is 11.0 Å². The van der Waals surface area contributed by atoms with Crippen molar-refractivity contribution in [1.82, 2.24) is 4.98 Å². The maximum atomic E-state index is 8.90. The summed E-state index contributed by atoms with van der Waals surface area (Å²) in [5.74, 6) is 0.319. The number of aromatic nitrogens is 1. The number of hydrogen-bond acceptors (Lipinski definition) is 3. The van der Waals surface area contributed by atoms with E-state index >= 15 is 0 Å². The first-order valence-electron chi connectivity index (χ1n) is 5.31. The van der Waals surface area contributed by atoms with Crippen LogP contribution in [0.15, 0.2) is 24.3 Å². The second kappa shape index (κ2) is 5.66. The molecule has 0 radical (unpaired) electrons. The Balaban J connectivity index is 2.42. The summed E-state index contributed by atoms with van der Waals surface area (Å²) in [4.78, 5) is 4.04. The van der Waals surface area contributed by atoms with Crippen molar-refractivity contribution in [3.63, 3.8) is 0 Å². The first kappa shape index (κ1) is 14.0. The zero-order valence-corrected chi connectivity index (χ0v) is 12.1. The highest BCUT2D eigenvalue weighted by molar-refractivity contribution is 6.45. The van der Waals surface area contributed by atoms with Gasteiger partial charge in [0, 0.05) is 5.69 Å². The van der Waals surface area contributed by atoms with Crippen LogP contribution in [0, 0.1) is 18.3 Å². The summed E-state index contributed by atoms with van der Waals surface area (Å²) in [5.41, 5.74) is 2.01. The molecule has 1 N–H and O–H groups in total. The highest BCUT2D eigenvalue weighted by Crippen LogP contribution is 2.36. The molecule has 0 unspecified atom stereocenters. The van der Waals surface area contributed by atoms with E-state index in [4.69, 9.17) is 40.1 Å². The van der Waals surface area contributed by atoms with E-state index in [0.717, 1.165) is 11.3 Å². The second-order valence-electron chi connectivity index (χ2n) is 3.86. The maximum absolute atomic E-state index is 8.90. The summed E-state index contributed by atoms with van der Waals surface area (Å²) >= 11 is 17.9. The summed E-state index contributed by atoms with van der Waals surface area (Å²) in [6.07, 6.45) is 0. The molecular formula is C13H8Cl3N3. The van der Waals surface area contributed by atoms with E-state index in [1.807, 2.05) is 37.3 Å². The van der Waals surface area contributed by atoms with Crippen LogP contribution in [0.4, 0.5) is 11.5 Å². The Hall–Kier alpha value is -1.47. The Labute approximate surface area is 125 Å². The Morgan fingerprint density at radius 3 is 2.32 bits per heavy atom. The molecule has 1 aromatic carbocycles. The van der Waals surface area contributed by atoms with Crippen LogP contribution >= 0.6 is 34.8 Å². The molecule has 0 aliphatic rings. The van der Waals surface area contributed by atoms with E-state index in [1.54, 1.807) is 0 Å².